The Morgan fingerprint density at radius 3 is 2.61 bits per heavy atom. The van der Waals surface area contributed by atoms with Crippen LogP contribution in [0.15, 0.2) is 30.6 Å². The highest BCUT2D eigenvalue weighted by Crippen LogP contribution is 2.28. The van der Waals surface area contributed by atoms with Gasteiger partial charge in [-0.25, -0.2) is 9.78 Å². The second-order valence-electron chi connectivity index (χ2n) is 9.22. The van der Waals surface area contributed by atoms with Gasteiger partial charge in [0.2, 0.25) is 6.29 Å². The van der Waals surface area contributed by atoms with E-state index in [1.807, 2.05) is 12.4 Å². The van der Waals surface area contributed by atoms with Crippen LogP contribution in [0.25, 0.3) is 5.69 Å². The summed E-state index contributed by atoms with van der Waals surface area (Å²) in [5, 5.41) is 0. The molecule has 200 valence electrons. The number of nitrogens with zero attached hydrogens (tertiary/aromatic N) is 2. The van der Waals surface area contributed by atoms with E-state index in [1.165, 1.54) is 18.9 Å². The number of ether oxygens (including phenoxy) is 3. The zero-order valence-corrected chi connectivity index (χ0v) is 22.4. The van der Waals surface area contributed by atoms with Gasteiger partial charge in [-0.15, -0.1) is 24.8 Å². The van der Waals surface area contributed by atoms with E-state index in [4.69, 9.17) is 19.9 Å². The Labute approximate surface area is 225 Å². The lowest BCUT2D eigenvalue weighted by molar-refractivity contribution is -0.174. The van der Waals surface area contributed by atoms with Crippen LogP contribution in [-0.4, -0.2) is 40.6 Å². The fourth-order valence-electron chi connectivity index (χ4n) is 4.93. The number of carbonyl (C=O) groups is 2. The Bertz CT molecular complexity index is 994. The lowest BCUT2D eigenvalue weighted by Crippen LogP contribution is -2.30. The van der Waals surface area contributed by atoms with Crippen LogP contribution in [0.1, 0.15) is 68.8 Å². The zero-order chi connectivity index (χ0) is 23.9. The zero-order valence-electron chi connectivity index (χ0n) is 20.7. The molecule has 36 heavy (non-hydrogen) atoms. The minimum absolute atomic E-state index is 0. The highest BCUT2D eigenvalue weighted by Gasteiger charge is 2.28. The maximum Gasteiger partial charge on any atom is 0.511 e. The van der Waals surface area contributed by atoms with E-state index in [1.54, 1.807) is 0 Å². The maximum absolute atomic E-state index is 13.0. The molecule has 1 aromatic carbocycles. The van der Waals surface area contributed by atoms with Gasteiger partial charge in [-0.05, 0) is 69.5 Å². The van der Waals surface area contributed by atoms with Gasteiger partial charge in [0.15, 0.2) is 0 Å². The third kappa shape index (κ3) is 7.60. The molecule has 0 radical (unpaired) electrons. The van der Waals surface area contributed by atoms with Crippen molar-refractivity contribution in [3.8, 4) is 5.69 Å². The number of hydrogen-bond donors (Lipinski definition) is 1. The maximum atomic E-state index is 13.0. The topological polar surface area (TPSA) is 106 Å². The smallest absolute Gasteiger partial charge is 0.431 e. The summed E-state index contributed by atoms with van der Waals surface area (Å²) in [6.07, 6.45) is 8.44. The number of para-hydroxylation sites is 1. The van der Waals surface area contributed by atoms with E-state index in [9.17, 15) is 9.59 Å². The number of hydrogen-bond acceptors (Lipinski definition) is 7. The summed E-state index contributed by atoms with van der Waals surface area (Å²) in [7, 11) is 0. The third-order valence-corrected chi connectivity index (χ3v) is 6.72. The first-order chi connectivity index (χ1) is 16.5. The summed E-state index contributed by atoms with van der Waals surface area (Å²) in [6.45, 7) is 2.02. The van der Waals surface area contributed by atoms with Crippen LogP contribution in [0, 0.1) is 5.92 Å². The number of aromatic nitrogens is 2. The van der Waals surface area contributed by atoms with E-state index in [-0.39, 0.29) is 30.9 Å². The molecule has 2 aromatic rings. The molecule has 4 rings (SSSR count). The Balaban J connectivity index is 0.00000228. The molecule has 1 unspecified atom stereocenters. The molecular weight excluding hydrogens is 505 g/mol. The van der Waals surface area contributed by atoms with E-state index in [0.717, 1.165) is 55.6 Å². The average Bonchev–Trinajstić information content (AvgIpc) is 3.25. The Hall–Kier alpha value is -2.29. The Morgan fingerprint density at radius 2 is 1.86 bits per heavy atom. The molecule has 1 fully saturated rings. The lowest BCUT2D eigenvalue weighted by atomic mass is 9.94. The predicted molar refractivity (Wildman–Crippen MR) is 141 cm³/mol. The van der Waals surface area contributed by atoms with Crippen LogP contribution < -0.4 is 5.73 Å². The summed E-state index contributed by atoms with van der Waals surface area (Å²) >= 11 is 0. The summed E-state index contributed by atoms with van der Waals surface area (Å²) < 4.78 is 18.2. The number of aryl methyl sites for hydroxylation is 1. The van der Waals surface area contributed by atoms with Gasteiger partial charge >= 0.3 is 12.1 Å². The molecule has 8 nitrogen and oxygen atoms in total. The van der Waals surface area contributed by atoms with E-state index in [2.05, 4.69) is 27.8 Å². The molecule has 0 saturated heterocycles. The fraction of sp³-hybridized carbons (Fsp3) is 0.577. The number of rotatable bonds is 9. The van der Waals surface area contributed by atoms with Gasteiger partial charge in [0.1, 0.15) is 6.10 Å². The van der Waals surface area contributed by atoms with Crippen molar-refractivity contribution in [3.63, 3.8) is 0 Å². The standard InChI is InChI=1S/C26H35N3O5.2ClH/c1-18(33-26(31)34-21-10-3-2-4-11-21)32-25(30)20(9-7-15-27)16-22-24-14-13-19-8-5-6-12-23(19)29(24)17-28-22;;/h5-6,8,12,17-18,20-21H,2-4,7,9-11,13-16,27H2,1H3;2*1H/t18?,20-;;/m0../s1. The highest BCUT2D eigenvalue weighted by molar-refractivity contribution is 5.85. The minimum Gasteiger partial charge on any atom is -0.431 e. The number of halogens is 2. The number of esters is 1. The van der Waals surface area contributed by atoms with Crippen LogP contribution in [-0.2, 0) is 38.3 Å². The monoisotopic (exact) mass is 541 g/mol. The van der Waals surface area contributed by atoms with Crippen molar-refractivity contribution in [3.05, 3.63) is 47.5 Å². The lowest BCUT2D eigenvalue weighted by Gasteiger charge is -2.23. The van der Waals surface area contributed by atoms with Gasteiger partial charge in [-0.1, -0.05) is 24.6 Å². The molecule has 2 heterocycles. The summed E-state index contributed by atoms with van der Waals surface area (Å²) in [4.78, 5) is 29.7. The fourth-order valence-corrected chi connectivity index (χ4v) is 4.93. The highest BCUT2D eigenvalue weighted by atomic mass is 35.5. The molecule has 1 saturated carbocycles. The van der Waals surface area contributed by atoms with Crippen LogP contribution in [0.4, 0.5) is 4.79 Å². The first-order valence-electron chi connectivity index (χ1n) is 12.5. The third-order valence-electron chi connectivity index (χ3n) is 6.72. The molecule has 0 spiro atoms. The molecule has 0 amide bonds. The van der Waals surface area contributed by atoms with Gasteiger partial charge in [0.25, 0.3) is 0 Å². The Morgan fingerprint density at radius 1 is 1.11 bits per heavy atom. The molecule has 2 N–H and O–H groups in total. The van der Waals surface area contributed by atoms with E-state index >= 15 is 0 Å². The summed E-state index contributed by atoms with van der Waals surface area (Å²) in [6, 6.07) is 8.31. The van der Waals surface area contributed by atoms with E-state index < -0.39 is 24.3 Å². The van der Waals surface area contributed by atoms with E-state index in [0.29, 0.717) is 25.8 Å². The van der Waals surface area contributed by atoms with Crippen molar-refractivity contribution < 1.29 is 23.8 Å². The van der Waals surface area contributed by atoms with Crippen LogP contribution in [0.5, 0.6) is 0 Å². The molecule has 1 aromatic heterocycles. The Kier molecular flexibility index (Phi) is 12.0. The number of fused-ring (bicyclic) bond motifs is 3. The first kappa shape index (κ1) is 29.9. The largest absolute Gasteiger partial charge is 0.511 e. The van der Waals surface area contributed by atoms with Gasteiger partial charge in [0.05, 0.1) is 17.9 Å². The average molecular weight is 543 g/mol. The molecule has 2 aliphatic rings. The van der Waals surface area contributed by atoms with Gasteiger partial charge in [-0.2, -0.15) is 0 Å². The van der Waals surface area contributed by atoms with Crippen molar-refractivity contribution >= 4 is 36.9 Å². The quantitative estimate of drug-likeness (QED) is 0.348. The SMILES string of the molecule is CC(OC(=O)OC1CCCCC1)OC(=O)[C@@H](CCCN)Cc1ncn2c1CCc1ccccc1-2.Cl.Cl. The van der Waals surface area contributed by atoms with Crippen molar-refractivity contribution in [1.29, 1.82) is 0 Å². The van der Waals surface area contributed by atoms with Crippen molar-refractivity contribution in [1.82, 2.24) is 9.55 Å². The van der Waals surface area contributed by atoms with Gasteiger partial charge < -0.3 is 24.5 Å². The number of benzene rings is 1. The first-order valence-corrected chi connectivity index (χ1v) is 12.5. The normalized spacial score (nSPS) is 16.3. The van der Waals surface area contributed by atoms with Crippen LogP contribution >= 0.6 is 24.8 Å². The minimum atomic E-state index is -1.02. The van der Waals surface area contributed by atoms with Crippen molar-refractivity contribution in [2.24, 2.45) is 11.7 Å². The molecule has 2 atom stereocenters. The second kappa shape index (κ2) is 14.4. The number of nitrogens with two attached hydrogens (primary N) is 1. The van der Waals surface area contributed by atoms with Gasteiger partial charge in [0, 0.05) is 24.7 Å². The molecule has 0 bridgehead atoms. The van der Waals surface area contributed by atoms with Gasteiger partial charge in [-0.3, -0.25) is 4.79 Å². The molecule has 10 heteroatoms. The van der Waals surface area contributed by atoms with Crippen molar-refractivity contribution in [2.45, 2.75) is 83.5 Å². The van der Waals surface area contributed by atoms with Crippen molar-refractivity contribution in [2.75, 3.05) is 6.54 Å². The predicted octanol–water partition coefficient (Wildman–Crippen LogP) is 5.09. The molecular formula is C26H37Cl2N3O5. The second-order valence-corrected chi connectivity index (χ2v) is 9.22. The summed E-state index contributed by atoms with van der Waals surface area (Å²) in [5.74, 6) is -0.829. The van der Waals surface area contributed by atoms with Crippen LogP contribution in [0.3, 0.4) is 0 Å². The van der Waals surface area contributed by atoms with Crippen LogP contribution in [0.2, 0.25) is 0 Å². The number of carbonyl (C=O) groups excluding carboxylic acids is 2. The molecule has 1 aliphatic heterocycles. The number of imidazole rings is 1. The summed E-state index contributed by atoms with van der Waals surface area (Å²) in [5.41, 5.74) is 10.2. The molecule has 1 aliphatic carbocycles.